The van der Waals surface area contributed by atoms with E-state index in [1.54, 1.807) is 0 Å². The summed E-state index contributed by atoms with van der Waals surface area (Å²) in [6.07, 6.45) is 1.10. The zero-order valence-electron chi connectivity index (χ0n) is 11.8. The minimum atomic E-state index is -3.31. The second-order valence-electron chi connectivity index (χ2n) is 5.18. The number of nitro benzene ring substituents is 1. The fourth-order valence-electron chi connectivity index (χ4n) is 1.42. The average Bonchev–Trinajstić information content (AvgIpc) is 2.34. The molecule has 0 bridgehead atoms. The molecule has 2 N–H and O–H groups in total. The number of nitrogens with one attached hydrogen (secondary N) is 1. The minimum Gasteiger partial charge on any atom is -0.477 e. The van der Waals surface area contributed by atoms with Gasteiger partial charge in [-0.1, -0.05) is 0 Å². The Balaban J connectivity index is 3.05. The summed E-state index contributed by atoms with van der Waals surface area (Å²) in [6, 6.07) is 3.53. The molecule has 0 radical (unpaired) electrons. The topological polar surface area (TPSA) is 127 Å². The van der Waals surface area contributed by atoms with Crippen molar-refractivity contribution in [3.05, 3.63) is 33.9 Å². The second-order valence-corrected chi connectivity index (χ2v) is 7.83. The predicted octanol–water partition coefficient (Wildman–Crippen LogP) is 1.53. The van der Waals surface area contributed by atoms with E-state index in [1.165, 1.54) is 19.9 Å². The number of nitro groups is 1. The molecule has 1 rings (SSSR count). The smallest absolute Gasteiger partial charge is 0.342 e. The quantitative estimate of drug-likeness (QED) is 0.601. The van der Waals surface area contributed by atoms with E-state index in [0.29, 0.717) is 0 Å². The summed E-state index contributed by atoms with van der Waals surface area (Å²) in [7, 11) is -3.31. The van der Waals surface area contributed by atoms with E-state index >= 15 is 0 Å². The molecule has 0 aliphatic rings. The third-order valence-corrected chi connectivity index (χ3v) is 5.30. The maximum atomic E-state index is 11.6. The van der Waals surface area contributed by atoms with Gasteiger partial charge in [0.15, 0.2) is 9.84 Å². The Labute approximate surface area is 121 Å². The van der Waals surface area contributed by atoms with E-state index in [-0.39, 0.29) is 12.2 Å². The van der Waals surface area contributed by atoms with Crippen LogP contribution >= 0.6 is 0 Å². The lowest BCUT2D eigenvalue weighted by molar-refractivity contribution is -0.385. The first-order valence-corrected chi connectivity index (χ1v) is 7.80. The molecule has 8 nitrogen and oxygen atoms in total. The first kappa shape index (κ1) is 16.9. The molecule has 0 saturated heterocycles. The van der Waals surface area contributed by atoms with Crippen LogP contribution in [0.1, 0.15) is 24.2 Å². The summed E-state index contributed by atoms with van der Waals surface area (Å²) < 4.78 is 22.1. The number of rotatable bonds is 6. The molecule has 0 atom stereocenters. The average molecular weight is 316 g/mol. The zero-order chi connectivity index (χ0) is 16.4. The predicted molar refractivity (Wildman–Crippen MR) is 77.5 cm³/mol. The van der Waals surface area contributed by atoms with Gasteiger partial charge in [-0.3, -0.25) is 10.1 Å². The van der Waals surface area contributed by atoms with Crippen molar-refractivity contribution in [3.8, 4) is 0 Å². The molecule has 0 fully saturated rings. The van der Waals surface area contributed by atoms with Crippen LogP contribution in [0.4, 0.5) is 11.4 Å². The SMILES string of the molecule is CC(C)(CNc1ccc(C(=O)O)c([N+](=O)[O-])c1)S(C)(=O)=O. The van der Waals surface area contributed by atoms with Gasteiger partial charge < -0.3 is 10.4 Å². The fraction of sp³-hybridized carbons (Fsp3) is 0.417. The van der Waals surface area contributed by atoms with E-state index in [9.17, 15) is 23.3 Å². The van der Waals surface area contributed by atoms with Gasteiger partial charge in [-0.15, -0.1) is 0 Å². The van der Waals surface area contributed by atoms with Crippen LogP contribution in [0, 0.1) is 10.1 Å². The number of hydrogen-bond donors (Lipinski definition) is 2. The molecular formula is C12H16N2O6S. The Bertz CT molecular complexity index is 681. The number of nitrogens with zero attached hydrogens (tertiary/aromatic N) is 1. The molecule has 0 aliphatic carbocycles. The third-order valence-electron chi connectivity index (χ3n) is 3.15. The molecule has 1 aromatic rings. The number of benzene rings is 1. The van der Waals surface area contributed by atoms with Crippen LogP contribution in [0.3, 0.4) is 0 Å². The summed E-state index contributed by atoms with van der Waals surface area (Å²) in [5.41, 5.74) is -0.694. The first-order valence-electron chi connectivity index (χ1n) is 5.91. The molecule has 0 spiro atoms. The number of aromatic carboxylic acids is 1. The third kappa shape index (κ3) is 3.91. The molecule has 0 amide bonds. The van der Waals surface area contributed by atoms with E-state index in [1.807, 2.05) is 0 Å². The molecule has 0 heterocycles. The van der Waals surface area contributed by atoms with Gasteiger partial charge in [-0.05, 0) is 26.0 Å². The van der Waals surface area contributed by atoms with Gasteiger partial charge in [0, 0.05) is 24.6 Å². The largest absolute Gasteiger partial charge is 0.477 e. The van der Waals surface area contributed by atoms with Crippen molar-refractivity contribution in [2.45, 2.75) is 18.6 Å². The summed E-state index contributed by atoms with van der Waals surface area (Å²) >= 11 is 0. The Morgan fingerprint density at radius 1 is 1.43 bits per heavy atom. The van der Waals surface area contributed by atoms with E-state index < -0.39 is 36.7 Å². The van der Waals surface area contributed by atoms with Crippen molar-refractivity contribution in [2.24, 2.45) is 0 Å². The lowest BCUT2D eigenvalue weighted by Crippen LogP contribution is -2.38. The summed E-state index contributed by atoms with van der Waals surface area (Å²) in [4.78, 5) is 20.9. The van der Waals surface area contributed by atoms with Crippen LogP contribution in [0.5, 0.6) is 0 Å². The van der Waals surface area contributed by atoms with Gasteiger partial charge in [0.2, 0.25) is 0 Å². The lowest BCUT2D eigenvalue weighted by atomic mass is 10.1. The van der Waals surface area contributed by atoms with Gasteiger partial charge >= 0.3 is 5.97 Å². The molecule has 0 saturated carbocycles. The minimum absolute atomic E-state index is 0.0371. The zero-order valence-corrected chi connectivity index (χ0v) is 12.6. The van der Waals surface area contributed by atoms with Crippen LogP contribution in [0.25, 0.3) is 0 Å². The van der Waals surface area contributed by atoms with Crippen molar-refractivity contribution >= 4 is 27.2 Å². The van der Waals surface area contributed by atoms with Crippen molar-refractivity contribution in [2.75, 3.05) is 18.1 Å². The molecule has 0 unspecified atom stereocenters. The highest BCUT2D eigenvalue weighted by Gasteiger charge is 2.30. The molecule has 0 aliphatic heterocycles. The standard InChI is InChI=1S/C12H16N2O6S/c1-12(2,21(3,19)20)7-13-8-4-5-9(11(15)16)10(6-8)14(17)18/h4-6,13H,7H2,1-3H3,(H,15,16). The maximum Gasteiger partial charge on any atom is 0.342 e. The Morgan fingerprint density at radius 3 is 2.43 bits per heavy atom. The summed E-state index contributed by atoms with van der Waals surface area (Å²) in [5.74, 6) is -1.40. The van der Waals surface area contributed by atoms with Crippen LogP contribution < -0.4 is 5.32 Å². The summed E-state index contributed by atoms with van der Waals surface area (Å²) in [6.45, 7) is 3.08. The highest BCUT2D eigenvalue weighted by molar-refractivity contribution is 7.92. The molecule has 116 valence electrons. The van der Waals surface area contributed by atoms with Gasteiger partial charge in [-0.25, -0.2) is 13.2 Å². The number of anilines is 1. The van der Waals surface area contributed by atoms with Crippen molar-refractivity contribution in [1.82, 2.24) is 0 Å². The highest BCUT2D eigenvalue weighted by Crippen LogP contribution is 2.24. The Kier molecular flexibility index (Phi) is 4.57. The fourth-order valence-corrected chi connectivity index (χ4v) is 1.75. The van der Waals surface area contributed by atoms with Crippen molar-refractivity contribution in [3.63, 3.8) is 0 Å². The monoisotopic (exact) mass is 316 g/mol. The van der Waals surface area contributed by atoms with Gasteiger partial charge in [0.1, 0.15) is 5.56 Å². The Hall–Kier alpha value is -2.16. The molecule has 0 aromatic heterocycles. The van der Waals surface area contributed by atoms with Crippen LogP contribution in [0.15, 0.2) is 18.2 Å². The van der Waals surface area contributed by atoms with Crippen molar-refractivity contribution in [1.29, 1.82) is 0 Å². The summed E-state index contributed by atoms with van der Waals surface area (Å²) in [5, 5.41) is 22.5. The Morgan fingerprint density at radius 2 is 2.00 bits per heavy atom. The van der Waals surface area contributed by atoms with E-state index in [4.69, 9.17) is 5.11 Å². The number of carboxylic acid groups (broad SMARTS) is 1. The van der Waals surface area contributed by atoms with Gasteiger partial charge in [0.25, 0.3) is 5.69 Å². The van der Waals surface area contributed by atoms with E-state index in [2.05, 4.69) is 5.32 Å². The number of carbonyl (C=O) groups is 1. The molecule has 9 heteroatoms. The second kappa shape index (κ2) is 5.68. The van der Waals surface area contributed by atoms with Crippen LogP contribution in [-0.4, -0.2) is 42.0 Å². The van der Waals surface area contributed by atoms with Crippen molar-refractivity contribution < 1.29 is 23.2 Å². The lowest BCUT2D eigenvalue weighted by Gasteiger charge is -2.23. The molecule has 21 heavy (non-hydrogen) atoms. The first-order chi connectivity index (χ1) is 9.45. The number of hydrogen-bond acceptors (Lipinski definition) is 6. The van der Waals surface area contributed by atoms with Gasteiger partial charge in [-0.2, -0.15) is 0 Å². The number of sulfone groups is 1. The highest BCUT2D eigenvalue weighted by atomic mass is 32.2. The van der Waals surface area contributed by atoms with E-state index in [0.717, 1.165) is 18.4 Å². The number of carboxylic acids is 1. The normalized spacial score (nSPS) is 12.0. The van der Waals surface area contributed by atoms with Gasteiger partial charge in [0.05, 0.1) is 9.67 Å². The van der Waals surface area contributed by atoms with Crippen LogP contribution in [-0.2, 0) is 9.84 Å². The molecule has 1 aromatic carbocycles. The maximum absolute atomic E-state index is 11.6. The molecular weight excluding hydrogens is 300 g/mol. The van der Waals surface area contributed by atoms with Crippen LogP contribution in [0.2, 0.25) is 0 Å².